The molecule has 0 fully saturated rings. The van der Waals surface area contributed by atoms with E-state index in [1.165, 1.54) is 19.2 Å². The lowest BCUT2D eigenvalue weighted by Crippen LogP contribution is -2.28. The quantitative estimate of drug-likeness (QED) is 0.604. The van der Waals surface area contributed by atoms with Crippen molar-refractivity contribution in [1.29, 1.82) is 0 Å². The number of ether oxygens (including phenoxy) is 1. The van der Waals surface area contributed by atoms with Crippen LogP contribution in [0.25, 0.3) is 0 Å². The van der Waals surface area contributed by atoms with Gasteiger partial charge in [0, 0.05) is 31.5 Å². The lowest BCUT2D eigenvalue weighted by atomic mass is 10.3. The monoisotopic (exact) mass is 430 g/mol. The standard InChI is InChI=1S/C16H19FN4O5S2/c1-3-26-16(23)14-15(27-20-19-14)18-13(22)5-4-10-21(2)28(24,25)12-8-6-11(17)7-9-12/h6-9H,3-5,10H2,1-2H3,(H,18,22). The van der Waals surface area contributed by atoms with Crippen molar-refractivity contribution in [1.82, 2.24) is 13.9 Å². The summed E-state index contributed by atoms with van der Waals surface area (Å²) in [6, 6.07) is 4.50. The average Bonchev–Trinajstić information content (AvgIpc) is 3.10. The average molecular weight is 430 g/mol. The highest BCUT2D eigenvalue weighted by molar-refractivity contribution is 7.89. The molecular weight excluding hydrogens is 411 g/mol. The number of hydrogen-bond acceptors (Lipinski definition) is 8. The highest BCUT2D eigenvalue weighted by atomic mass is 32.2. The normalized spacial score (nSPS) is 11.4. The first kappa shape index (κ1) is 21.9. The number of sulfonamides is 1. The maximum absolute atomic E-state index is 13.0. The zero-order valence-corrected chi connectivity index (χ0v) is 16.8. The van der Waals surface area contributed by atoms with E-state index in [2.05, 4.69) is 14.9 Å². The number of rotatable bonds is 9. The van der Waals surface area contributed by atoms with E-state index < -0.39 is 27.7 Å². The Labute approximate surface area is 165 Å². The maximum atomic E-state index is 13.0. The molecule has 12 heteroatoms. The first-order valence-electron chi connectivity index (χ1n) is 8.27. The van der Waals surface area contributed by atoms with Gasteiger partial charge in [0.15, 0.2) is 5.00 Å². The highest BCUT2D eigenvalue weighted by Gasteiger charge is 2.22. The number of nitrogens with one attached hydrogen (secondary N) is 1. The molecule has 28 heavy (non-hydrogen) atoms. The van der Waals surface area contributed by atoms with E-state index >= 15 is 0 Å². The molecule has 0 radical (unpaired) electrons. The van der Waals surface area contributed by atoms with Crippen molar-refractivity contribution in [3.63, 3.8) is 0 Å². The van der Waals surface area contributed by atoms with Crippen LogP contribution in [-0.4, -0.2) is 54.4 Å². The van der Waals surface area contributed by atoms with Crippen LogP contribution in [0, 0.1) is 5.82 Å². The maximum Gasteiger partial charge on any atom is 0.362 e. The fourth-order valence-electron chi connectivity index (χ4n) is 2.16. The summed E-state index contributed by atoms with van der Waals surface area (Å²) < 4.78 is 47.3. The van der Waals surface area contributed by atoms with Crippen molar-refractivity contribution in [2.75, 3.05) is 25.5 Å². The Kier molecular flexibility index (Phi) is 7.54. The number of amides is 1. The molecule has 0 saturated heterocycles. The smallest absolute Gasteiger partial charge is 0.362 e. The number of anilines is 1. The van der Waals surface area contributed by atoms with Gasteiger partial charge in [-0.15, -0.1) is 5.10 Å². The zero-order valence-electron chi connectivity index (χ0n) is 15.2. The second-order valence-corrected chi connectivity index (χ2v) is 8.40. The minimum Gasteiger partial charge on any atom is -0.461 e. The van der Waals surface area contributed by atoms with Crippen molar-refractivity contribution < 1.29 is 27.1 Å². The molecule has 0 saturated carbocycles. The van der Waals surface area contributed by atoms with Crippen LogP contribution in [-0.2, 0) is 19.6 Å². The van der Waals surface area contributed by atoms with Crippen LogP contribution in [0.3, 0.4) is 0 Å². The summed E-state index contributed by atoms with van der Waals surface area (Å²) in [5.74, 6) is -1.63. The third kappa shape index (κ3) is 5.53. The molecule has 0 aliphatic heterocycles. The van der Waals surface area contributed by atoms with E-state index in [1.54, 1.807) is 6.92 Å². The molecule has 1 N–H and O–H groups in total. The van der Waals surface area contributed by atoms with Crippen molar-refractivity contribution in [2.24, 2.45) is 0 Å². The van der Waals surface area contributed by atoms with Gasteiger partial charge in [0.05, 0.1) is 11.5 Å². The van der Waals surface area contributed by atoms with Crippen LogP contribution in [0.4, 0.5) is 9.39 Å². The largest absolute Gasteiger partial charge is 0.461 e. The molecule has 0 aliphatic rings. The van der Waals surface area contributed by atoms with Crippen molar-refractivity contribution in [3.05, 3.63) is 35.8 Å². The van der Waals surface area contributed by atoms with E-state index in [4.69, 9.17) is 4.74 Å². The Morgan fingerprint density at radius 3 is 2.61 bits per heavy atom. The fourth-order valence-corrected chi connectivity index (χ4v) is 3.95. The third-order valence-corrected chi connectivity index (χ3v) is 6.12. The van der Waals surface area contributed by atoms with Crippen molar-refractivity contribution in [3.8, 4) is 0 Å². The molecule has 152 valence electrons. The van der Waals surface area contributed by atoms with Crippen molar-refractivity contribution in [2.45, 2.75) is 24.7 Å². The topological polar surface area (TPSA) is 119 Å². The number of carbonyl (C=O) groups excluding carboxylic acids is 2. The van der Waals surface area contributed by atoms with Gasteiger partial charge in [0.1, 0.15) is 5.82 Å². The number of nitrogens with zero attached hydrogens (tertiary/aromatic N) is 3. The summed E-state index contributed by atoms with van der Waals surface area (Å²) in [5, 5.41) is 6.33. The summed E-state index contributed by atoms with van der Waals surface area (Å²) in [6.45, 7) is 1.89. The lowest BCUT2D eigenvalue weighted by molar-refractivity contribution is -0.116. The van der Waals surface area contributed by atoms with Crippen LogP contribution < -0.4 is 5.32 Å². The molecule has 1 aromatic carbocycles. The van der Waals surface area contributed by atoms with Gasteiger partial charge in [-0.1, -0.05) is 4.49 Å². The molecule has 1 aromatic heterocycles. The molecule has 1 heterocycles. The first-order chi connectivity index (χ1) is 13.3. The van der Waals surface area contributed by atoms with Gasteiger partial charge in [-0.2, -0.15) is 0 Å². The van der Waals surface area contributed by atoms with Gasteiger partial charge in [0.2, 0.25) is 21.6 Å². The lowest BCUT2D eigenvalue weighted by Gasteiger charge is -2.17. The van der Waals surface area contributed by atoms with Gasteiger partial charge in [-0.25, -0.2) is 21.9 Å². The Bertz CT molecular complexity index is 931. The van der Waals surface area contributed by atoms with E-state index in [9.17, 15) is 22.4 Å². The SMILES string of the molecule is CCOC(=O)c1nnsc1NC(=O)CCCN(C)S(=O)(=O)c1ccc(F)cc1. The van der Waals surface area contributed by atoms with Gasteiger partial charge >= 0.3 is 5.97 Å². The number of esters is 1. The van der Waals surface area contributed by atoms with Crippen LogP contribution >= 0.6 is 11.5 Å². The molecule has 0 spiro atoms. The summed E-state index contributed by atoms with van der Waals surface area (Å²) in [5.41, 5.74) is -0.0730. The summed E-state index contributed by atoms with van der Waals surface area (Å²) in [4.78, 5) is 23.7. The minimum absolute atomic E-state index is 0.0173. The van der Waals surface area contributed by atoms with Gasteiger partial charge in [0.25, 0.3) is 0 Å². The number of halogens is 1. The van der Waals surface area contributed by atoms with E-state index in [0.717, 1.165) is 28.0 Å². The number of carbonyl (C=O) groups is 2. The Balaban J connectivity index is 1.88. The van der Waals surface area contributed by atoms with Gasteiger partial charge in [-0.05, 0) is 37.6 Å². The van der Waals surface area contributed by atoms with E-state index in [0.29, 0.717) is 0 Å². The summed E-state index contributed by atoms with van der Waals surface area (Å²) >= 11 is 0.844. The molecule has 0 aliphatic carbocycles. The van der Waals surface area contributed by atoms with Crippen LogP contribution in [0.1, 0.15) is 30.3 Å². The minimum atomic E-state index is -3.77. The molecular formula is C16H19FN4O5S2. The second-order valence-electron chi connectivity index (χ2n) is 5.60. The van der Waals surface area contributed by atoms with Gasteiger partial charge in [-0.3, -0.25) is 4.79 Å². The molecule has 9 nitrogen and oxygen atoms in total. The van der Waals surface area contributed by atoms with E-state index in [-0.39, 0.29) is 41.6 Å². The second kappa shape index (κ2) is 9.66. The Morgan fingerprint density at radius 1 is 1.29 bits per heavy atom. The van der Waals surface area contributed by atoms with Crippen LogP contribution in [0.2, 0.25) is 0 Å². The molecule has 2 aromatic rings. The Morgan fingerprint density at radius 2 is 1.96 bits per heavy atom. The number of hydrogen-bond donors (Lipinski definition) is 1. The van der Waals surface area contributed by atoms with E-state index in [1.807, 2.05) is 0 Å². The number of aromatic nitrogens is 2. The number of benzene rings is 1. The summed E-state index contributed by atoms with van der Waals surface area (Å²) in [6.07, 6.45) is 0.257. The molecule has 1 amide bonds. The highest BCUT2D eigenvalue weighted by Crippen LogP contribution is 2.19. The zero-order chi connectivity index (χ0) is 20.7. The van der Waals surface area contributed by atoms with Crippen LogP contribution in [0.15, 0.2) is 29.2 Å². The molecule has 0 unspecified atom stereocenters. The third-order valence-electron chi connectivity index (χ3n) is 3.61. The fraction of sp³-hybridized carbons (Fsp3) is 0.375. The molecule has 0 bridgehead atoms. The molecule has 2 rings (SSSR count). The van der Waals surface area contributed by atoms with Crippen LogP contribution in [0.5, 0.6) is 0 Å². The predicted molar refractivity (Wildman–Crippen MR) is 99.9 cm³/mol. The first-order valence-corrected chi connectivity index (χ1v) is 10.5. The molecule has 0 atom stereocenters. The summed E-state index contributed by atoms with van der Waals surface area (Å²) in [7, 11) is -2.39. The van der Waals surface area contributed by atoms with Gasteiger partial charge < -0.3 is 10.1 Å². The Hall–Kier alpha value is -2.44. The van der Waals surface area contributed by atoms with Crippen molar-refractivity contribution >= 4 is 38.4 Å². The predicted octanol–water partition coefficient (Wildman–Crippen LogP) is 1.89.